The highest BCUT2D eigenvalue weighted by molar-refractivity contribution is 5.46. The van der Waals surface area contributed by atoms with E-state index in [1.807, 2.05) is 6.07 Å². The molecule has 0 aromatic heterocycles. The molecule has 2 heterocycles. The summed E-state index contributed by atoms with van der Waals surface area (Å²) in [5.41, 5.74) is 9.64. The summed E-state index contributed by atoms with van der Waals surface area (Å²) >= 11 is 0. The summed E-state index contributed by atoms with van der Waals surface area (Å²) in [7, 11) is 0. The van der Waals surface area contributed by atoms with Crippen molar-refractivity contribution in [1.29, 1.82) is 0 Å². The lowest BCUT2D eigenvalue weighted by Crippen LogP contribution is -2.43. The van der Waals surface area contributed by atoms with Gasteiger partial charge in [-0.1, -0.05) is 12.5 Å². The molecule has 0 radical (unpaired) electrons. The summed E-state index contributed by atoms with van der Waals surface area (Å²) in [6.45, 7) is 8.29. The van der Waals surface area contributed by atoms with E-state index in [4.69, 9.17) is 5.73 Å². The highest BCUT2D eigenvalue weighted by Crippen LogP contribution is 2.25. The van der Waals surface area contributed by atoms with Crippen molar-refractivity contribution in [1.82, 2.24) is 9.80 Å². The Hall–Kier alpha value is -1.06. The second kappa shape index (κ2) is 5.51. The Morgan fingerprint density at radius 1 is 1.11 bits per heavy atom. The molecule has 1 aromatic carbocycles. The van der Waals surface area contributed by atoms with Gasteiger partial charge in [-0.15, -0.1) is 0 Å². The van der Waals surface area contributed by atoms with Crippen LogP contribution in [0.25, 0.3) is 0 Å². The molecular weight excluding hydrogens is 234 g/mol. The molecule has 1 unspecified atom stereocenters. The van der Waals surface area contributed by atoms with Crippen LogP contribution in [-0.2, 0) is 13.1 Å². The largest absolute Gasteiger partial charge is 0.399 e. The van der Waals surface area contributed by atoms with Crippen molar-refractivity contribution in [3.8, 4) is 0 Å². The average molecular weight is 259 g/mol. The average Bonchev–Trinajstić information content (AvgIpc) is 2.81. The van der Waals surface area contributed by atoms with Crippen molar-refractivity contribution in [3.05, 3.63) is 29.3 Å². The van der Waals surface area contributed by atoms with Gasteiger partial charge >= 0.3 is 0 Å². The molecule has 0 aliphatic carbocycles. The number of rotatable bonds is 3. The minimum Gasteiger partial charge on any atom is -0.399 e. The van der Waals surface area contributed by atoms with Gasteiger partial charge in [0.15, 0.2) is 0 Å². The maximum absolute atomic E-state index is 5.87. The van der Waals surface area contributed by atoms with Crippen LogP contribution in [0.2, 0.25) is 0 Å². The fourth-order valence-electron chi connectivity index (χ4n) is 3.46. The summed E-state index contributed by atoms with van der Waals surface area (Å²) in [4.78, 5) is 5.21. The fourth-order valence-corrected chi connectivity index (χ4v) is 3.46. The van der Waals surface area contributed by atoms with Crippen LogP contribution < -0.4 is 5.73 Å². The van der Waals surface area contributed by atoms with Crippen molar-refractivity contribution >= 4 is 5.69 Å². The highest BCUT2D eigenvalue weighted by Gasteiger charge is 2.23. The van der Waals surface area contributed by atoms with E-state index >= 15 is 0 Å². The van der Waals surface area contributed by atoms with E-state index in [0.29, 0.717) is 6.04 Å². The van der Waals surface area contributed by atoms with Gasteiger partial charge in [-0.25, -0.2) is 0 Å². The van der Waals surface area contributed by atoms with E-state index in [1.54, 1.807) is 0 Å². The van der Waals surface area contributed by atoms with E-state index in [-0.39, 0.29) is 0 Å². The standard InChI is InChI=1S/C16H25N3/c1-13(19-7-3-2-4-8-19)10-18-11-14-5-6-16(17)9-15(14)12-18/h5-6,9,13H,2-4,7-8,10-12,17H2,1H3. The molecule has 1 atom stereocenters. The van der Waals surface area contributed by atoms with Crippen molar-refractivity contribution < 1.29 is 0 Å². The van der Waals surface area contributed by atoms with Gasteiger partial charge in [-0.2, -0.15) is 0 Å². The van der Waals surface area contributed by atoms with Crippen molar-refractivity contribution in [2.75, 3.05) is 25.4 Å². The lowest BCUT2D eigenvalue weighted by atomic mass is 10.1. The maximum Gasteiger partial charge on any atom is 0.0317 e. The minimum absolute atomic E-state index is 0.673. The van der Waals surface area contributed by atoms with Crippen LogP contribution in [0.5, 0.6) is 0 Å². The number of hydrogen-bond acceptors (Lipinski definition) is 3. The van der Waals surface area contributed by atoms with Crippen LogP contribution >= 0.6 is 0 Å². The fraction of sp³-hybridized carbons (Fsp3) is 0.625. The molecular formula is C16H25N3. The number of anilines is 1. The molecule has 0 bridgehead atoms. The number of piperidine rings is 1. The van der Waals surface area contributed by atoms with Crippen LogP contribution in [0.15, 0.2) is 18.2 Å². The third-order valence-corrected chi connectivity index (χ3v) is 4.55. The van der Waals surface area contributed by atoms with Crippen LogP contribution in [0, 0.1) is 0 Å². The SMILES string of the molecule is CC(CN1Cc2ccc(N)cc2C1)N1CCCCC1. The zero-order valence-electron chi connectivity index (χ0n) is 11.9. The predicted molar refractivity (Wildman–Crippen MR) is 79.9 cm³/mol. The molecule has 0 amide bonds. The van der Waals surface area contributed by atoms with E-state index in [0.717, 1.165) is 18.8 Å². The molecule has 2 aliphatic heterocycles. The number of nitrogen functional groups attached to an aromatic ring is 1. The van der Waals surface area contributed by atoms with Gasteiger partial charge in [-0.3, -0.25) is 9.80 Å². The van der Waals surface area contributed by atoms with Gasteiger partial charge in [0.05, 0.1) is 0 Å². The Morgan fingerprint density at radius 2 is 1.84 bits per heavy atom. The van der Waals surface area contributed by atoms with Gasteiger partial charge in [-0.05, 0) is 56.1 Å². The normalized spacial score (nSPS) is 22.4. The number of hydrogen-bond donors (Lipinski definition) is 1. The molecule has 0 saturated carbocycles. The molecule has 2 aliphatic rings. The van der Waals surface area contributed by atoms with Gasteiger partial charge in [0.25, 0.3) is 0 Å². The van der Waals surface area contributed by atoms with Crippen molar-refractivity contribution in [2.45, 2.75) is 45.3 Å². The first-order valence-electron chi connectivity index (χ1n) is 7.56. The number of nitrogens with zero attached hydrogens (tertiary/aromatic N) is 2. The van der Waals surface area contributed by atoms with Crippen LogP contribution in [0.1, 0.15) is 37.3 Å². The first-order valence-corrected chi connectivity index (χ1v) is 7.56. The monoisotopic (exact) mass is 259 g/mol. The highest BCUT2D eigenvalue weighted by atomic mass is 15.2. The number of nitrogens with two attached hydrogens (primary N) is 1. The first kappa shape index (κ1) is 12.9. The Morgan fingerprint density at radius 3 is 2.63 bits per heavy atom. The molecule has 2 N–H and O–H groups in total. The van der Waals surface area contributed by atoms with Crippen molar-refractivity contribution in [2.24, 2.45) is 0 Å². The molecule has 3 rings (SSSR count). The Bertz CT molecular complexity index is 438. The molecule has 19 heavy (non-hydrogen) atoms. The lowest BCUT2D eigenvalue weighted by molar-refractivity contribution is 0.127. The van der Waals surface area contributed by atoms with E-state index in [1.165, 1.54) is 50.0 Å². The first-order chi connectivity index (χ1) is 9.22. The van der Waals surface area contributed by atoms with Crippen LogP contribution in [0.3, 0.4) is 0 Å². The molecule has 3 nitrogen and oxygen atoms in total. The second-order valence-electron chi connectivity index (χ2n) is 6.14. The number of fused-ring (bicyclic) bond motifs is 1. The van der Waals surface area contributed by atoms with Gasteiger partial charge in [0, 0.05) is 31.4 Å². The van der Waals surface area contributed by atoms with Gasteiger partial charge < -0.3 is 5.73 Å². The Kier molecular flexibility index (Phi) is 3.76. The quantitative estimate of drug-likeness (QED) is 0.846. The van der Waals surface area contributed by atoms with E-state index in [9.17, 15) is 0 Å². The molecule has 3 heteroatoms. The second-order valence-corrected chi connectivity index (χ2v) is 6.14. The number of benzene rings is 1. The summed E-state index contributed by atoms with van der Waals surface area (Å²) < 4.78 is 0. The van der Waals surface area contributed by atoms with Gasteiger partial charge in [0.1, 0.15) is 0 Å². The van der Waals surface area contributed by atoms with Crippen molar-refractivity contribution in [3.63, 3.8) is 0 Å². The lowest BCUT2D eigenvalue weighted by Gasteiger charge is -2.34. The number of likely N-dealkylation sites (tertiary alicyclic amines) is 1. The topological polar surface area (TPSA) is 32.5 Å². The smallest absolute Gasteiger partial charge is 0.0317 e. The van der Waals surface area contributed by atoms with Crippen LogP contribution in [-0.4, -0.2) is 35.5 Å². The summed E-state index contributed by atoms with van der Waals surface area (Å²) in [6, 6.07) is 7.03. The van der Waals surface area contributed by atoms with E-state index < -0.39 is 0 Å². The molecule has 1 saturated heterocycles. The molecule has 1 fully saturated rings. The summed E-state index contributed by atoms with van der Waals surface area (Å²) in [6.07, 6.45) is 4.17. The maximum atomic E-state index is 5.87. The third kappa shape index (κ3) is 2.93. The van der Waals surface area contributed by atoms with E-state index in [2.05, 4.69) is 28.9 Å². The molecule has 0 spiro atoms. The zero-order valence-corrected chi connectivity index (χ0v) is 11.9. The Labute approximate surface area is 116 Å². The zero-order chi connectivity index (χ0) is 13.2. The summed E-state index contributed by atoms with van der Waals surface area (Å²) in [5, 5.41) is 0. The third-order valence-electron chi connectivity index (χ3n) is 4.55. The molecule has 1 aromatic rings. The van der Waals surface area contributed by atoms with Gasteiger partial charge in [0.2, 0.25) is 0 Å². The van der Waals surface area contributed by atoms with Crippen LogP contribution in [0.4, 0.5) is 5.69 Å². The minimum atomic E-state index is 0.673. The molecule has 104 valence electrons. The predicted octanol–water partition coefficient (Wildman–Crippen LogP) is 2.46. The summed E-state index contributed by atoms with van der Waals surface area (Å²) in [5.74, 6) is 0. The Balaban J connectivity index is 1.57.